The first-order valence-corrected chi connectivity index (χ1v) is 6.77. The van der Waals surface area contributed by atoms with E-state index >= 15 is 0 Å². The lowest BCUT2D eigenvalue weighted by Gasteiger charge is -2.24. The summed E-state index contributed by atoms with van der Waals surface area (Å²) in [6, 6.07) is 0.410. The zero-order valence-corrected chi connectivity index (χ0v) is 9.82. The molecular formula is C13H20N2O. The van der Waals surface area contributed by atoms with Gasteiger partial charge in [0.05, 0.1) is 17.7 Å². The van der Waals surface area contributed by atoms with Crippen molar-refractivity contribution in [1.29, 1.82) is 0 Å². The van der Waals surface area contributed by atoms with Crippen LogP contribution in [0.1, 0.15) is 57.8 Å². The maximum Gasteiger partial charge on any atom is 0.251 e. The van der Waals surface area contributed by atoms with Gasteiger partial charge in [0.1, 0.15) is 0 Å². The van der Waals surface area contributed by atoms with Gasteiger partial charge in [0, 0.05) is 0 Å². The summed E-state index contributed by atoms with van der Waals surface area (Å²) < 4.78 is 0. The quantitative estimate of drug-likeness (QED) is 0.625. The number of carbonyl (C=O) groups is 1. The van der Waals surface area contributed by atoms with Gasteiger partial charge < -0.3 is 0 Å². The predicted octanol–water partition coefficient (Wildman–Crippen LogP) is 2.71. The van der Waals surface area contributed by atoms with Crippen molar-refractivity contribution in [1.82, 2.24) is 5.01 Å². The molecule has 1 unspecified atom stereocenters. The van der Waals surface area contributed by atoms with Gasteiger partial charge in [-0.2, -0.15) is 5.10 Å². The maximum absolute atomic E-state index is 12.2. The fourth-order valence-corrected chi connectivity index (χ4v) is 3.33. The summed E-state index contributed by atoms with van der Waals surface area (Å²) in [4.78, 5) is 12.2. The van der Waals surface area contributed by atoms with E-state index in [4.69, 9.17) is 0 Å². The number of nitrogens with zero attached hydrogens (tertiary/aromatic N) is 2. The van der Waals surface area contributed by atoms with Crippen molar-refractivity contribution in [3.8, 4) is 0 Å². The Kier molecular flexibility index (Phi) is 2.70. The van der Waals surface area contributed by atoms with Crippen molar-refractivity contribution in [3.05, 3.63) is 0 Å². The Morgan fingerprint density at radius 1 is 1.00 bits per heavy atom. The molecule has 1 aliphatic heterocycles. The zero-order valence-electron chi connectivity index (χ0n) is 9.82. The Bertz CT molecular complexity index is 316. The first kappa shape index (κ1) is 10.3. The van der Waals surface area contributed by atoms with Crippen molar-refractivity contribution >= 4 is 11.6 Å². The number of amides is 1. The number of fused-ring (bicyclic) bond motifs is 1. The molecule has 0 bridgehead atoms. The molecule has 1 heterocycles. The lowest BCUT2D eigenvalue weighted by molar-refractivity contribution is -0.134. The van der Waals surface area contributed by atoms with Gasteiger partial charge in [0.2, 0.25) is 0 Å². The molecule has 0 aromatic carbocycles. The SMILES string of the molecule is O=C1C2CCCC2=NN1C1CCCCCC1. The van der Waals surface area contributed by atoms with Crippen molar-refractivity contribution in [3.63, 3.8) is 0 Å². The van der Waals surface area contributed by atoms with Gasteiger partial charge in [0.15, 0.2) is 0 Å². The molecule has 2 fully saturated rings. The third-order valence-corrected chi connectivity index (χ3v) is 4.26. The third kappa shape index (κ3) is 1.66. The second kappa shape index (κ2) is 4.19. The van der Waals surface area contributed by atoms with E-state index in [0.717, 1.165) is 32.1 Å². The van der Waals surface area contributed by atoms with E-state index in [-0.39, 0.29) is 5.92 Å². The molecule has 0 aromatic rings. The molecule has 3 heteroatoms. The second-order valence-corrected chi connectivity index (χ2v) is 5.36. The van der Waals surface area contributed by atoms with Crippen LogP contribution in [0.15, 0.2) is 5.10 Å². The summed E-state index contributed by atoms with van der Waals surface area (Å²) in [6.45, 7) is 0. The van der Waals surface area contributed by atoms with Crippen LogP contribution >= 0.6 is 0 Å². The van der Waals surface area contributed by atoms with E-state index in [2.05, 4.69) is 5.10 Å². The van der Waals surface area contributed by atoms with Crippen LogP contribution < -0.4 is 0 Å². The lowest BCUT2D eigenvalue weighted by Crippen LogP contribution is -2.35. The minimum atomic E-state index is 0.170. The molecule has 2 saturated carbocycles. The Morgan fingerprint density at radius 3 is 2.44 bits per heavy atom. The van der Waals surface area contributed by atoms with Crippen molar-refractivity contribution in [2.45, 2.75) is 63.8 Å². The van der Waals surface area contributed by atoms with Gasteiger partial charge in [-0.15, -0.1) is 0 Å². The summed E-state index contributed by atoms with van der Waals surface area (Å²) in [5.41, 5.74) is 1.18. The van der Waals surface area contributed by atoms with Gasteiger partial charge in [-0.3, -0.25) is 4.79 Å². The minimum absolute atomic E-state index is 0.170. The highest BCUT2D eigenvalue weighted by Gasteiger charge is 2.41. The zero-order chi connectivity index (χ0) is 11.0. The molecule has 2 aliphatic carbocycles. The molecule has 1 atom stereocenters. The van der Waals surface area contributed by atoms with Crippen molar-refractivity contribution < 1.29 is 4.79 Å². The summed E-state index contributed by atoms with van der Waals surface area (Å²) in [7, 11) is 0. The van der Waals surface area contributed by atoms with Crippen LogP contribution in [0.4, 0.5) is 0 Å². The van der Waals surface area contributed by atoms with Gasteiger partial charge in [-0.05, 0) is 32.1 Å². The summed E-state index contributed by atoms with van der Waals surface area (Å²) in [5, 5.41) is 6.45. The highest BCUT2D eigenvalue weighted by atomic mass is 16.2. The third-order valence-electron chi connectivity index (χ3n) is 4.26. The molecule has 0 aromatic heterocycles. The fourth-order valence-electron chi connectivity index (χ4n) is 3.33. The molecular weight excluding hydrogens is 200 g/mol. The summed E-state index contributed by atoms with van der Waals surface area (Å²) in [5.74, 6) is 0.475. The molecule has 1 amide bonds. The van der Waals surface area contributed by atoms with Gasteiger partial charge in [-0.1, -0.05) is 25.7 Å². The predicted molar refractivity (Wildman–Crippen MR) is 63.1 cm³/mol. The lowest BCUT2D eigenvalue weighted by atomic mass is 10.0. The molecule has 88 valence electrons. The number of hydrazone groups is 1. The standard InChI is InChI=1S/C13H20N2O/c16-13-11-8-5-9-12(11)14-15(13)10-6-3-1-2-4-7-10/h10-11H,1-9H2. The van der Waals surface area contributed by atoms with Crippen LogP contribution in [-0.2, 0) is 4.79 Å². The topological polar surface area (TPSA) is 32.7 Å². The Balaban J connectivity index is 1.75. The molecule has 0 spiro atoms. The van der Waals surface area contributed by atoms with Crippen LogP contribution in [-0.4, -0.2) is 22.7 Å². The van der Waals surface area contributed by atoms with E-state index in [1.165, 1.54) is 31.4 Å². The normalized spacial score (nSPS) is 31.5. The van der Waals surface area contributed by atoms with Crippen molar-refractivity contribution in [2.24, 2.45) is 11.0 Å². The number of hydrogen-bond acceptors (Lipinski definition) is 2. The first-order chi connectivity index (χ1) is 7.86. The number of hydrogen-bond donors (Lipinski definition) is 0. The van der Waals surface area contributed by atoms with E-state index in [0.29, 0.717) is 11.9 Å². The summed E-state index contributed by atoms with van der Waals surface area (Å²) in [6.07, 6.45) is 10.8. The Hall–Kier alpha value is -0.860. The molecule has 3 nitrogen and oxygen atoms in total. The molecule has 3 rings (SSSR count). The van der Waals surface area contributed by atoms with E-state index in [1.54, 1.807) is 0 Å². The van der Waals surface area contributed by atoms with Gasteiger partial charge >= 0.3 is 0 Å². The Labute approximate surface area is 96.9 Å². The van der Waals surface area contributed by atoms with Crippen LogP contribution in [0.3, 0.4) is 0 Å². The van der Waals surface area contributed by atoms with Crippen LogP contribution in [0.25, 0.3) is 0 Å². The highest BCUT2D eigenvalue weighted by Crippen LogP contribution is 2.33. The van der Waals surface area contributed by atoms with Gasteiger partial charge in [-0.25, -0.2) is 5.01 Å². The maximum atomic E-state index is 12.2. The van der Waals surface area contributed by atoms with Crippen LogP contribution in [0.2, 0.25) is 0 Å². The van der Waals surface area contributed by atoms with Gasteiger partial charge in [0.25, 0.3) is 5.91 Å². The number of carbonyl (C=O) groups excluding carboxylic acids is 1. The first-order valence-electron chi connectivity index (χ1n) is 6.77. The average molecular weight is 220 g/mol. The Morgan fingerprint density at radius 2 is 1.75 bits per heavy atom. The smallest absolute Gasteiger partial charge is 0.251 e. The molecule has 0 radical (unpaired) electrons. The second-order valence-electron chi connectivity index (χ2n) is 5.36. The van der Waals surface area contributed by atoms with E-state index in [1.807, 2.05) is 5.01 Å². The van der Waals surface area contributed by atoms with Crippen molar-refractivity contribution in [2.75, 3.05) is 0 Å². The van der Waals surface area contributed by atoms with E-state index < -0.39 is 0 Å². The highest BCUT2D eigenvalue weighted by molar-refractivity contribution is 6.09. The molecule has 0 saturated heterocycles. The minimum Gasteiger partial charge on any atom is -0.272 e. The molecule has 16 heavy (non-hydrogen) atoms. The monoisotopic (exact) mass is 220 g/mol. The average Bonchev–Trinajstić information content (AvgIpc) is 2.74. The summed E-state index contributed by atoms with van der Waals surface area (Å²) >= 11 is 0. The van der Waals surface area contributed by atoms with Crippen LogP contribution in [0, 0.1) is 5.92 Å². The fraction of sp³-hybridized carbons (Fsp3) is 0.846. The van der Waals surface area contributed by atoms with E-state index in [9.17, 15) is 4.79 Å². The number of rotatable bonds is 1. The molecule has 0 N–H and O–H groups in total. The largest absolute Gasteiger partial charge is 0.272 e. The van der Waals surface area contributed by atoms with Crippen LogP contribution in [0.5, 0.6) is 0 Å². The molecule has 3 aliphatic rings.